The summed E-state index contributed by atoms with van der Waals surface area (Å²) < 4.78 is 1.19. The fourth-order valence-corrected chi connectivity index (χ4v) is 2.77. The van der Waals surface area contributed by atoms with Gasteiger partial charge in [-0.15, -0.1) is 0 Å². The number of hydrogen-bond donors (Lipinski definition) is 1. The van der Waals surface area contributed by atoms with Crippen LogP contribution in [0.5, 0.6) is 0 Å². The van der Waals surface area contributed by atoms with Gasteiger partial charge in [0.2, 0.25) is 0 Å². The van der Waals surface area contributed by atoms with Crippen LogP contribution in [0.15, 0.2) is 47.3 Å². The highest BCUT2D eigenvalue weighted by Crippen LogP contribution is 2.18. The minimum atomic E-state index is -1.43. The van der Waals surface area contributed by atoms with Gasteiger partial charge >= 0.3 is 0 Å². The van der Waals surface area contributed by atoms with E-state index in [0.717, 1.165) is 0 Å². The molecule has 0 aliphatic heterocycles. The quantitative estimate of drug-likeness (QED) is 0.745. The van der Waals surface area contributed by atoms with Crippen LogP contribution in [-0.2, 0) is 0 Å². The van der Waals surface area contributed by atoms with Gasteiger partial charge in [0.1, 0.15) is 0 Å². The smallest absolute Gasteiger partial charge is 0.279 e. The molecular weight excluding hydrogens is 363 g/mol. The Kier molecular flexibility index (Phi) is 4.53. The third-order valence-corrected chi connectivity index (χ3v) is 4.31. The minimum absolute atomic E-state index is 0.0288. The molecule has 0 spiro atoms. The zero-order valence-electron chi connectivity index (χ0n) is 12.8. The lowest BCUT2D eigenvalue weighted by Crippen LogP contribution is -2.34. The van der Waals surface area contributed by atoms with Gasteiger partial charge in [0.15, 0.2) is 0 Å². The van der Waals surface area contributed by atoms with Gasteiger partial charge in [-0.25, -0.2) is 4.68 Å². The summed E-state index contributed by atoms with van der Waals surface area (Å²) in [6.07, 6.45) is 1.62. The minimum Gasteiger partial charge on any atom is -0.545 e. The molecule has 5 nitrogen and oxygen atoms in total. The Morgan fingerprint density at radius 3 is 2.56 bits per heavy atom. The summed E-state index contributed by atoms with van der Waals surface area (Å²) in [5.74, 6) is -1.43. The number of aromatic amines is 1. The number of H-pyrrole nitrogens is 1. The normalized spacial score (nSPS) is 11.7. The molecule has 1 heterocycles. The number of benzene rings is 2. The number of halogens is 2. The van der Waals surface area contributed by atoms with Crippen molar-refractivity contribution in [3.8, 4) is 5.69 Å². The zero-order valence-corrected chi connectivity index (χ0v) is 14.3. The van der Waals surface area contributed by atoms with E-state index < -0.39 is 11.5 Å². The SMILES string of the molecule is C=c1[nH]n(-c2ccc(Cl)c(C(=O)[O-])c2)c(=O)c1=Cc1ccccc1Cl. The summed E-state index contributed by atoms with van der Waals surface area (Å²) in [7, 11) is 0. The Bertz CT molecular complexity index is 1150. The maximum absolute atomic E-state index is 12.7. The van der Waals surface area contributed by atoms with Crippen molar-refractivity contribution in [3.63, 3.8) is 0 Å². The lowest BCUT2D eigenvalue weighted by Gasteiger charge is -2.08. The topological polar surface area (TPSA) is 77.9 Å². The van der Waals surface area contributed by atoms with Crippen LogP contribution < -0.4 is 21.2 Å². The lowest BCUT2D eigenvalue weighted by atomic mass is 10.2. The summed E-state index contributed by atoms with van der Waals surface area (Å²) in [4.78, 5) is 23.8. The van der Waals surface area contributed by atoms with Crippen LogP contribution in [-0.4, -0.2) is 15.7 Å². The van der Waals surface area contributed by atoms with Gasteiger partial charge in [-0.3, -0.25) is 9.89 Å². The van der Waals surface area contributed by atoms with E-state index in [1.807, 2.05) is 0 Å². The van der Waals surface area contributed by atoms with Gasteiger partial charge in [0, 0.05) is 15.6 Å². The molecule has 0 amide bonds. The third kappa shape index (κ3) is 3.24. The Morgan fingerprint density at radius 1 is 1.16 bits per heavy atom. The molecule has 3 aromatic rings. The van der Waals surface area contributed by atoms with E-state index in [-0.39, 0.29) is 10.6 Å². The van der Waals surface area contributed by atoms with Gasteiger partial charge in [0.25, 0.3) is 5.56 Å². The standard InChI is InChI=1S/C18H12Cl2N2O3/c1-10-13(8-11-4-2-3-5-15(11)19)17(23)22(21-10)12-6-7-16(20)14(9-12)18(24)25/h2-9,21H,1H2,(H,24,25)/p-1. The number of aromatic nitrogens is 2. The second-order valence-corrected chi connectivity index (χ2v) is 6.08. The first-order chi connectivity index (χ1) is 11.9. The first-order valence-corrected chi connectivity index (χ1v) is 7.91. The van der Waals surface area contributed by atoms with E-state index in [1.54, 1.807) is 30.3 Å². The van der Waals surface area contributed by atoms with Crippen molar-refractivity contribution in [2.24, 2.45) is 0 Å². The van der Waals surface area contributed by atoms with Crippen LogP contribution in [0.2, 0.25) is 10.0 Å². The van der Waals surface area contributed by atoms with Crippen LogP contribution in [0, 0.1) is 0 Å². The first kappa shape index (κ1) is 17.1. The molecule has 1 aromatic heterocycles. The van der Waals surface area contributed by atoms with Gasteiger partial charge in [0.05, 0.1) is 22.2 Å². The predicted molar refractivity (Wildman–Crippen MR) is 95.5 cm³/mol. The Balaban J connectivity index is 2.21. The largest absolute Gasteiger partial charge is 0.545 e. The van der Waals surface area contributed by atoms with Crippen molar-refractivity contribution in [3.05, 3.63) is 84.6 Å². The van der Waals surface area contributed by atoms with E-state index in [4.69, 9.17) is 23.2 Å². The highest BCUT2D eigenvalue weighted by atomic mass is 35.5. The molecule has 2 aromatic carbocycles. The summed E-state index contributed by atoms with van der Waals surface area (Å²) in [5, 5.41) is 15.1. The highest BCUT2D eigenvalue weighted by Gasteiger charge is 2.09. The molecule has 0 bridgehead atoms. The van der Waals surface area contributed by atoms with Crippen molar-refractivity contribution in [2.75, 3.05) is 0 Å². The Morgan fingerprint density at radius 2 is 1.88 bits per heavy atom. The summed E-state index contributed by atoms with van der Waals surface area (Å²) in [6, 6.07) is 11.2. The molecule has 0 atom stereocenters. The lowest BCUT2D eigenvalue weighted by molar-refractivity contribution is -0.255. The number of carboxylic acid groups (broad SMARTS) is 1. The van der Waals surface area contributed by atoms with Crippen molar-refractivity contribution in [1.29, 1.82) is 0 Å². The number of carboxylic acids is 1. The Labute approximate surface area is 152 Å². The number of hydrogen-bond acceptors (Lipinski definition) is 3. The molecule has 0 radical (unpaired) electrons. The molecule has 0 fully saturated rings. The van der Waals surface area contributed by atoms with Crippen LogP contribution in [0.25, 0.3) is 18.3 Å². The number of carbonyl (C=O) groups is 1. The second-order valence-electron chi connectivity index (χ2n) is 5.26. The molecule has 0 saturated carbocycles. The molecule has 0 unspecified atom stereocenters. The maximum atomic E-state index is 12.7. The average Bonchev–Trinajstić information content (AvgIpc) is 2.85. The average molecular weight is 374 g/mol. The molecule has 3 rings (SSSR count). The molecule has 126 valence electrons. The number of aromatic carboxylic acids is 1. The molecule has 0 saturated heterocycles. The monoisotopic (exact) mass is 373 g/mol. The first-order valence-electron chi connectivity index (χ1n) is 7.16. The van der Waals surface area contributed by atoms with Crippen molar-refractivity contribution >= 4 is 41.8 Å². The van der Waals surface area contributed by atoms with Crippen LogP contribution in [0.1, 0.15) is 15.9 Å². The summed E-state index contributed by atoms with van der Waals surface area (Å²) >= 11 is 11.9. The summed E-state index contributed by atoms with van der Waals surface area (Å²) in [5.41, 5.74) is 0.376. The van der Waals surface area contributed by atoms with E-state index in [1.165, 1.54) is 22.9 Å². The molecular formula is C18H11Cl2N2O3-. The number of carbonyl (C=O) groups excluding carboxylic acids is 1. The molecule has 0 aliphatic carbocycles. The van der Waals surface area contributed by atoms with E-state index in [0.29, 0.717) is 26.8 Å². The number of nitrogens with one attached hydrogen (secondary N) is 1. The van der Waals surface area contributed by atoms with Gasteiger partial charge in [-0.05, 0) is 35.9 Å². The third-order valence-electron chi connectivity index (χ3n) is 3.64. The summed E-state index contributed by atoms with van der Waals surface area (Å²) in [6.45, 7) is 3.82. The Hall–Kier alpha value is -2.76. The second kappa shape index (κ2) is 6.63. The molecule has 25 heavy (non-hydrogen) atoms. The maximum Gasteiger partial charge on any atom is 0.279 e. The van der Waals surface area contributed by atoms with Crippen molar-refractivity contribution in [1.82, 2.24) is 9.78 Å². The van der Waals surface area contributed by atoms with Crippen LogP contribution in [0.4, 0.5) is 0 Å². The molecule has 1 N–H and O–H groups in total. The fraction of sp³-hybridized carbons (Fsp3) is 0. The fourth-order valence-electron chi connectivity index (χ4n) is 2.38. The number of nitrogens with zero attached hydrogens (tertiary/aromatic N) is 1. The number of rotatable bonds is 3. The zero-order chi connectivity index (χ0) is 18.1. The molecule has 7 heteroatoms. The van der Waals surface area contributed by atoms with Crippen LogP contribution in [0.3, 0.4) is 0 Å². The van der Waals surface area contributed by atoms with E-state index >= 15 is 0 Å². The van der Waals surface area contributed by atoms with E-state index in [9.17, 15) is 14.7 Å². The van der Waals surface area contributed by atoms with Crippen molar-refractivity contribution in [2.45, 2.75) is 0 Å². The van der Waals surface area contributed by atoms with Gasteiger partial charge < -0.3 is 9.90 Å². The van der Waals surface area contributed by atoms with E-state index in [2.05, 4.69) is 11.7 Å². The molecule has 0 aliphatic rings. The van der Waals surface area contributed by atoms with Gasteiger partial charge in [-0.2, -0.15) is 0 Å². The van der Waals surface area contributed by atoms with Gasteiger partial charge in [-0.1, -0.05) is 48.0 Å². The highest BCUT2D eigenvalue weighted by molar-refractivity contribution is 6.33. The predicted octanol–water partition coefficient (Wildman–Crippen LogP) is 1.07. The van der Waals surface area contributed by atoms with Crippen LogP contribution >= 0.6 is 23.2 Å². The van der Waals surface area contributed by atoms with Crippen molar-refractivity contribution < 1.29 is 9.90 Å².